The highest BCUT2D eigenvalue weighted by Gasteiger charge is 2.54. The van der Waals surface area contributed by atoms with Gasteiger partial charge >= 0.3 is 13.7 Å². The predicted molar refractivity (Wildman–Crippen MR) is 181 cm³/mol. The van der Waals surface area contributed by atoms with Gasteiger partial charge in [0.15, 0.2) is 23.2 Å². The van der Waals surface area contributed by atoms with Crippen LogP contribution in [0.4, 0.5) is 11.8 Å². The van der Waals surface area contributed by atoms with Gasteiger partial charge in [-0.05, 0) is 42.8 Å². The van der Waals surface area contributed by atoms with E-state index in [1.165, 1.54) is 56.2 Å². The minimum absolute atomic E-state index is 0.00783. The van der Waals surface area contributed by atoms with Crippen LogP contribution >= 0.6 is 19.3 Å². The number of fused-ring (bicyclic) bond motifs is 2. The number of hydrazine groups is 1. The molecule has 19 nitrogen and oxygen atoms in total. The number of cyclic esters (lactones) is 1. The zero-order valence-electron chi connectivity index (χ0n) is 27.5. The number of nitrogens with zero attached hydrogens (tertiary/aromatic N) is 5. The van der Waals surface area contributed by atoms with Crippen LogP contribution in [0.5, 0.6) is 11.5 Å². The lowest BCUT2D eigenvalue weighted by Crippen LogP contribution is -2.44. The Bertz CT molecular complexity index is 2120. The molecule has 274 valence electrons. The topological polar surface area (TPSA) is 252 Å². The van der Waals surface area contributed by atoms with E-state index in [4.69, 9.17) is 40.6 Å². The van der Waals surface area contributed by atoms with Crippen LogP contribution in [0.3, 0.4) is 0 Å². The van der Waals surface area contributed by atoms with Crippen LogP contribution in [0.1, 0.15) is 30.3 Å². The Morgan fingerprint density at radius 1 is 1.24 bits per heavy atom. The molecular formula is C29H34ClN8O11PS. The maximum atomic E-state index is 14.5. The molecule has 2 aliphatic rings. The van der Waals surface area contributed by atoms with Crippen molar-refractivity contribution in [3.8, 4) is 11.5 Å². The first kappa shape index (κ1) is 36.7. The summed E-state index contributed by atoms with van der Waals surface area (Å²) in [5.74, 6) is -0.514. The molecule has 2 aliphatic heterocycles. The Kier molecular flexibility index (Phi) is 9.92. The summed E-state index contributed by atoms with van der Waals surface area (Å²) in [7, 11) is -5.42. The Morgan fingerprint density at radius 2 is 1.96 bits per heavy atom. The first-order valence-electron chi connectivity index (χ1n) is 15.1. The molecule has 0 spiro atoms. The first-order chi connectivity index (χ1) is 24.0. The summed E-state index contributed by atoms with van der Waals surface area (Å²) in [4.78, 5) is 27.8. The van der Waals surface area contributed by atoms with Crippen LogP contribution in [0.15, 0.2) is 48.8 Å². The first-order valence-corrected chi connectivity index (χ1v) is 18.9. The minimum atomic E-state index is -4.55. The van der Waals surface area contributed by atoms with Gasteiger partial charge in [0.25, 0.3) is 0 Å². The van der Waals surface area contributed by atoms with Crippen LogP contribution in [0.25, 0.3) is 11.2 Å². The van der Waals surface area contributed by atoms with Crippen molar-refractivity contribution >= 4 is 58.3 Å². The number of hydrogen-bond acceptors (Lipinski definition) is 16. The van der Waals surface area contributed by atoms with Gasteiger partial charge in [-0.2, -0.15) is 15.1 Å². The van der Waals surface area contributed by atoms with E-state index >= 15 is 0 Å². The molecule has 4 unspecified atom stereocenters. The largest absolute Gasteiger partial charge is 0.496 e. The molecule has 6 atom stereocenters. The number of imidazole rings is 1. The molecule has 51 heavy (non-hydrogen) atoms. The zero-order valence-corrected chi connectivity index (χ0v) is 29.9. The molecule has 4 heterocycles. The van der Waals surface area contributed by atoms with Gasteiger partial charge in [0.1, 0.15) is 42.0 Å². The highest BCUT2D eigenvalue weighted by atomic mass is 35.5. The van der Waals surface area contributed by atoms with E-state index in [0.717, 1.165) is 11.3 Å². The number of halogens is 1. The van der Waals surface area contributed by atoms with Crippen molar-refractivity contribution < 1.29 is 51.2 Å². The van der Waals surface area contributed by atoms with Gasteiger partial charge in [-0.15, -0.1) is 4.83 Å². The molecule has 22 heteroatoms. The average Bonchev–Trinajstić information content (AvgIpc) is 3.57. The average molecular weight is 769 g/mol. The quantitative estimate of drug-likeness (QED) is 0.0779. The number of esters is 1. The molecule has 0 radical (unpaired) electrons. The van der Waals surface area contributed by atoms with E-state index in [9.17, 15) is 28.0 Å². The lowest BCUT2D eigenvalue weighted by atomic mass is 9.96. The Hall–Kier alpha value is -4.11. The van der Waals surface area contributed by atoms with E-state index < -0.39 is 60.4 Å². The third-order valence-corrected chi connectivity index (χ3v) is 10.4. The number of nitrogens with one attached hydrogen (secondary N) is 2. The standard InChI is InChI=1S/C29H34ClN8O11PS/c1-29(41)23(39)20(48-27(29)38-14-32-22-24(33-28(31)34-25(22)38)37(2)36-51(4,43)44)13-47-50(42,49-16-10-8-15(30)9-11-16)35-21-17-6-5-7-19(45-3)18(17)12-46-26(21)40/h5-11,14,20-21,23,27,36,39,41H,12-13H2,1-4H3,(H,35,42)(H2,31,33,34)/t20?,21?,23-,27?,29-,50?/m1/s1. The number of hydrogen-bond donors (Lipinski definition) is 5. The monoisotopic (exact) mass is 768 g/mol. The van der Waals surface area contributed by atoms with Crippen molar-refractivity contribution in [3.05, 3.63) is 64.9 Å². The second kappa shape index (κ2) is 13.8. The van der Waals surface area contributed by atoms with Crippen molar-refractivity contribution in [2.24, 2.45) is 0 Å². The van der Waals surface area contributed by atoms with Crippen molar-refractivity contribution in [2.75, 3.05) is 37.8 Å². The Morgan fingerprint density at radius 3 is 2.65 bits per heavy atom. The summed E-state index contributed by atoms with van der Waals surface area (Å²) in [6.45, 7) is 0.583. The maximum absolute atomic E-state index is 14.5. The van der Waals surface area contributed by atoms with E-state index in [2.05, 4.69) is 24.9 Å². The van der Waals surface area contributed by atoms with Crippen LogP contribution in [-0.4, -0.2) is 88.9 Å². The lowest BCUT2D eigenvalue weighted by Gasteiger charge is -2.30. The molecule has 1 fully saturated rings. The lowest BCUT2D eigenvalue weighted by molar-refractivity contribution is -0.149. The molecule has 6 N–H and O–H groups in total. The van der Waals surface area contributed by atoms with Crippen LogP contribution in [0.2, 0.25) is 5.02 Å². The fourth-order valence-corrected chi connectivity index (χ4v) is 7.91. The van der Waals surface area contributed by atoms with Gasteiger partial charge in [0.05, 0.1) is 26.3 Å². The number of anilines is 2. The summed E-state index contributed by atoms with van der Waals surface area (Å²) < 4.78 is 67.9. The second-order valence-electron chi connectivity index (χ2n) is 11.9. The third-order valence-electron chi connectivity index (χ3n) is 8.08. The maximum Gasteiger partial charge on any atom is 0.459 e. The molecule has 2 aromatic heterocycles. The van der Waals surface area contributed by atoms with E-state index in [1.807, 2.05) is 0 Å². The normalized spacial score (nSPS) is 24.5. The van der Waals surface area contributed by atoms with Gasteiger partial charge in [-0.1, -0.05) is 23.7 Å². The van der Waals surface area contributed by atoms with Crippen LogP contribution < -0.4 is 29.9 Å². The molecule has 2 aromatic carbocycles. The molecule has 6 rings (SSSR count). The summed E-state index contributed by atoms with van der Waals surface area (Å²) in [5, 5.41) is 26.9. The number of rotatable bonds is 12. The number of aromatic nitrogens is 4. The summed E-state index contributed by atoms with van der Waals surface area (Å²) in [6, 6.07) is 9.52. The number of aliphatic hydroxyl groups is 2. The summed E-state index contributed by atoms with van der Waals surface area (Å²) in [5.41, 5.74) is 4.97. The Labute approximate surface area is 296 Å². The molecule has 0 aliphatic carbocycles. The fourth-order valence-electron chi connectivity index (χ4n) is 5.72. The van der Waals surface area contributed by atoms with Crippen LogP contribution in [-0.2, 0) is 40.0 Å². The predicted octanol–water partition coefficient (Wildman–Crippen LogP) is 1.57. The minimum Gasteiger partial charge on any atom is -0.496 e. The molecule has 0 saturated carbocycles. The number of methoxy groups -OCH3 is 1. The number of carbonyl (C=O) groups is 1. The van der Waals surface area contributed by atoms with Crippen LogP contribution in [0, 0.1) is 0 Å². The number of carbonyl (C=O) groups excluding carboxylic acids is 1. The third kappa shape index (κ3) is 7.46. The summed E-state index contributed by atoms with van der Waals surface area (Å²) in [6.07, 6.45) is -2.18. The van der Waals surface area contributed by atoms with Gasteiger partial charge in [-0.25, -0.2) is 22.8 Å². The summed E-state index contributed by atoms with van der Waals surface area (Å²) >= 11 is 6.02. The van der Waals surface area contributed by atoms with Crippen molar-refractivity contribution in [1.29, 1.82) is 0 Å². The van der Waals surface area contributed by atoms with Gasteiger partial charge in [-0.3, -0.25) is 14.1 Å². The number of nitrogens with two attached hydrogens (primary N) is 1. The molecule has 0 amide bonds. The number of benzene rings is 2. The molecule has 0 bridgehead atoms. The second-order valence-corrected chi connectivity index (χ2v) is 15.7. The van der Waals surface area contributed by atoms with Gasteiger partial charge < -0.3 is 34.7 Å². The van der Waals surface area contributed by atoms with E-state index in [0.29, 0.717) is 21.9 Å². The number of sulfonamides is 1. The van der Waals surface area contributed by atoms with E-state index in [-0.39, 0.29) is 35.3 Å². The molecule has 4 aromatic rings. The van der Waals surface area contributed by atoms with E-state index in [1.54, 1.807) is 18.2 Å². The highest BCUT2D eigenvalue weighted by Crippen LogP contribution is 2.50. The Balaban J connectivity index is 1.29. The number of aliphatic hydroxyl groups excluding tert-OH is 1. The molecule has 1 saturated heterocycles. The number of nitrogen functional groups attached to an aromatic ring is 1. The fraction of sp³-hybridized carbons (Fsp3) is 0.379. The van der Waals surface area contributed by atoms with Crippen molar-refractivity contribution in [3.63, 3.8) is 0 Å². The SMILES string of the molecule is COc1cccc2c1COC(=O)C2NP(=O)(OCC1OC(n2cnc3c(N(C)NS(C)(=O)=O)nc(N)nc32)[C@](C)(O)[C@@H]1O)Oc1ccc(Cl)cc1. The highest BCUT2D eigenvalue weighted by molar-refractivity contribution is 7.88. The van der Waals surface area contributed by atoms with Gasteiger partial charge in [0, 0.05) is 17.6 Å². The molecular weight excluding hydrogens is 735 g/mol. The van der Waals surface area contributed by atoms with Crippen molar-refractivity contribution in [2.45, 2.75) is 43.6 Å². The smallest absolute Gasteiger partial charge is 0.459 e. The number of ether oxygens (including phenoxy) is 3. The zero-order chi connectivity index (χ0) is 36.9. The van der Waals surface area contributed by atoms with Crippen molar-refractivity contribution in [1.82, 2.24) is 29.4 Å². The van der Waals surface area contributed by atoms with Gasteiger partial charge in [0.2, 0.25) is 16.0 Å².